The molecule has 3 aromatic rings. The molecule has 1 N–H and O–H groups in total. The van der Waals surface area contributed by atoms with Gasteiger partial charge in [-0.3, -0.25) is 0 Å². The van der Waals surface area contributed by atoms with Crippen molar-refractivity contribution in [3.05, 3.63) is 101 Å². The summed E-state index contributed by atoms with van der Waals surface area (Å²) in [6.07, 6.45) is -3.21. The Morgan fingerprint density at radius 2 is 1.73 bits per heavy atom. The SMILES string of the molecule is Cc1cc(SC/C=C(\c2ccccc2)c2cccc(CC(F)(F)F)c2)ccc1OCC(=O)O. The lowest BCUT2D eigenvalue weighted by Gasteiger charge is -2.12. The molecule has 0 saturated heterocycles. The number of aryl methyl sites for hydroxylation is 1. The number of ether oxygens (including phenoxy) is 1. The van der Waals surface area contributed by atoms with Crippen molar-refractivity contribution < 1.29 is 27.8 Å². The maximum absolute atomic E-state index is 12.9. The minimum atomic E-state index is -4.26. The van der Waals surface area contributed by atoms with Crippen LogP contribution in [0.2, 0.25) is 0 Å². The van der Waals surface area contributed by atoms with Crippen LogP contribution in [0.25, 0.3) is 5.57 Å². The number of benzene rings is 3. The molecule has 33 heavy (non-hydrogen) atoms. The Balaban J connectivity index is 1.80. The summed E-state index contributed by atoms with van der Waals surface area (Å²) in [4.78, 5) is 11.7. The topological polar surface area (TPSA) is 46.5 Å². The van der Waals surface area contributed by atoms with Crippen molar-refractivity contribution in [3.8, 4) is 5.75 Å². The Bertz CT molecular complexity index is 1130. The maximum atomic E-state index is 12.9. The highest BCUT2D eigenvalue weighted by molar-refractivity contribution is 7.99. The van der Waals surface area contributed by atoms with Crippen molar-refractivity contribution in [3.63, 3.8) is 0 Å². The molecule has 0 aliphatic rings. The minimum absolute atomic E-state index is 0.224. The van der Waals surface area contributed by atoms with Gasteiger partial charge < -0.3 is 9.84 Å². The van der Waals surface area contributed by atoms with Crippen LogP contribution >= 0.6 is 11.8 Å². The van der Waals surface area contributed by atoms with E-state index in [1.54, 1.807) is 30.0 Å². The van der Waals surface area contributed by atoms with E-state index in [1.165, 1.54) is 6.07 Å². The second kappa shape index (κ2) is 11.1. The molecule has 3 aromatic carbocycles. The van der Waals surface area contributed by atoms with Crippen molar-refractivity contribution in [1.82, 2.24) is 0 Å². The van der Waals surface area contributed by atoms with Crippen LogP contribution in [0.5, 0.6) is 5.75 Å². The van der Waals surface area contributed by atoms with E-state index in [2.05, 4.69) is 0 Å². The first kappa shape index (κ1) is 24.5. The van der Waals surface area contributed by atoms with Gasteiger partial charge in [-0.2, -0.15) is 13.2 Å². The fourth-order valence-corrected chi connectivity index (χ4v) is 4.20. The van der Waals surface area contributed by atoms with E-state index in [0.29, 0.717) is 11.5 Å². The molecule has 0 aliphatic heterocycles. The number of carboxylic acids is 1. The first-order chi connectivity index (χ1) is 15.7. The van der Waals surface area contributed by atoms with Crippen LogP contribution in [-0.2, 0) is 11.2 Å². The molecular weight excluding hydrogens is 449 g/mol. The Labute approximate surface area is 194 Å². The predicted octanol–water partition coefficient (Wildman–Crippen LogP) is 6.79. The standard InChI is InChI=1S/C26H23F3O3S/c1-18-14-22(10-11-24(18)32-17-25(30)31)33-13-12-23(20-7-3-2-4-8-20)21-9-5-6-19(15-21)16-26(27,28)29/h2-12,14-15H,13,16-17H2,1H3,(H,30,31)/b23-12+. The number of rotatable bonds is 9. The smallest absolute Gasteiger partial charge is 0.393 e. The summed E-state index contributed by atoms with van der Waals surface area (Å²) in [6.45, 7) is 1.45. The number of hydrogen-bond acceptors (Lipinski definition) is 3. The van der Waals surface area contributed by atoms with Gasteiger partial charge in [0.1, 0.15) is 5.75 Å². The van der Waals surface area contributed by atoms with Gasteiger partial charge in [0.2, 0.25) is 0 Å². The van der Waals surface area contributed by atoms with Gasteiger partial charge in [-0.1, -0.05) is 60.7 Å². The summed E-state index contributed by atoms with van der Waals surface area (Å²) in [5.74, 6) is 0.0807. The zero-order valence-electron chi connectivity index (χ0n) is 17.9. The van der Waals surface area contributed by atoms with Gasteiger partial charge in [0, 0.05) is 10.6 Å². The van der Waals surface area contributed by atoms with E-state index >= 15 is 0 Å². The lowest BCUT2D eigenvalue weighted by Crippen LogP contribution is -2.11. The van der Waals surface area contributed by atoms with Crippen molar-refractivity contribution in [2.24, 2.45) is 0 Å². The van der Waals surface area contributed by atoms with Crippen LogP contribution in [0.1, 0.15) is 22.3 Å². The molecule has 0 atom stereocenters. The van der Waals surface area contributed by atoms with Crippen LogP contribution in [0.15, 0.2) is 83.8 Å². The maximum Gasteiger partial charge on any atom is 0.393 e. The van der Waals surface area contributed by atoms with Crippen LogP contribution in [0.3, 0.4) is 0 Å². The van der Waals surface area contributed by atoms with E-state index in [9.17, 15) is 18.0 Å². The van der Waals surface area contributed by atoms with Crippen LogP contribution in [0, 0.1) is 6.92 Å². The van der Waals surface area contributed by atoms with Gasteiger partial charge >= 0.3 is 12.1 Å². The van der Waals surface area contributed by atoms with Gasteiger partial charge in [0.25, 0.3) is 0 Å². The van der Waals surface area contributed by atoms with Crippen molar-refractivity contribution >= 4 is 23.3 Å². The van der Waals surface area contributed by atoms with Crippen LogP contribution in [0.4, 0.5) is 13.2 Å². The third-order valence-corrected chi connectivity index (χ3v) is 5.68. The third-order valence-electron chi connectivity index (χ3n) is 4.76. The largest absolute Gasteiger partial charge is 0.482 e. The number of hydrogen-bond donors (Lipinski definition) is 1. The third kappa shape index (κ3) is 7.71. The van der Waals surface area contributed by atoms with E-state index in [-0.39, 0.29) is 5.56 Å². The molecule has 172 valence electrons. The molecule has 3 rings (SSSR count). The Morgan fingerprint density at radius 3 is 2.39 bits per heavy atom. The van der Waals surface area contributed by atoms with Crippen molar-refractivity contribution in [2.75, 3.05) is 12.4 Å². The average molecular weight is 473 g/mol. The molecule has 0 aromatic heterocycles. The fraction of sp³-hybridized carbons (Fsp3) is 0.192. The molecule has 0 saturated carbocycles. The van der Waals surface area contributed by atoms with Crippen molar-refractivity contribution in [2.45, 2.75) is 24.4 Å². The molecule has 0 aliphatic carbocycles. The van der Waals surface area contributed by atoms with E-state index in [0.717, 1.165) is 27.2 Å². The summed E-state index contributed by atoms with van der Waals surface area (Å²) in [7, 11) is 0. The number of carbonyl (C=O) groups is 1. The summed E-state index contributed by atoms with van der Waals surface area (Å²) >= 11 is 1.57. The molecule has 0 heterocycles. The van der Waals surface area contributed by atoms with Gasteiger partial charge in [-0.25, -0.2) is 4.79 Å². The molecule has 0 spiro atoms. The van der Waals surface area contributed by atoms with E-state index < -0.39 is 25.2 Å². The Kier molecular flexibility index (Phi) is 8.22. The molecule has 0 amide bonds. The van der Waals surface area contributed by atoms with Crippen LogP contribution < -0.4 is 4.74 Å². The molecule has 0 bridgehead atoms. The number of halogens is 3. The summed E-state index contributed by atoms with van der Waals surface area (Å²) in [5.41, 5.74) is 3.58. The Hall–Kier alpha value is -3.19. The lowest BCUT2D eigenvalue weighted by atomic mass is 9.95. The molecule has 3 nitrogen and oxygen atoms in total. The van der Waals surface area contributed by atoms with Gasteiger partial charge in [0.05, 0.1) is 6.42 Å². The second-order valence-electron chi connectivity index (χ2n) is 7.40. The number of thioether (sulfide) groups is 1. The fourth-order valence-electron chi connectivity index (χ4n) is 3.33. The molecule has 0 unspecified atom stereocenters. The monoisotopic (exact) mass is 472 g/mol. The molecular formula is C26H23F3O3S. The first-order valence-electron chi connectivity index (χ1n) is 10.2. The first-order valence-corrected chi connectivity index (χ1v) is 11.2. The lowest BCUT2D eigenvalue weighted by molar-refractivity contribution is -0.139. The van der Waals surface area contributed by atoms with E-state index in [1.807, 2.05) is 61.5 Å². The minimum Gasteiger partial charge on any atom is -0.482 e. The summed E-state index contributed by atoms with van der Waals surface area (Å²) < 4.78 is 43.9. The number of aliphatic carboxylic acids is 1. The second-order valence-corrected chi connectivity index (χ2v) is 8.49. The van der Waals surface area contributed by atoms with Crippen molar-refractivity contribution in [1.29, 1.82) is 0 Å². The highest BCUT2D eigenvalue weighted by atomic mass is 32.2. The van der Waals surface area contributed by atoms with Gasteiger partial charge in [-0.05, 0) is 52.9 Å². The normalized spacial score (nSPS) is 11.9. The zero-order valence-corrected chi connectivity index (χ0v) is 18.7. The van der Waals surface area contributed by atoms with Gasteiger partial charge in [0.15, 0.2) is 6.61 Å². The number of alkyl halides is 3. The summed E-state index contributed by atoms with van der Waals surface area (Å²) in [5, 5.41) is 8.76. The quantitative estimate of drug-likeness (QED) is 0.349. The highest BCUT2D eigenvalue weighted by Gasteiger charge is 2.27. The molecule has 0 radical (unpaired) electrons. The van der Waals surface area contributed by atoms with E-state index in [4.69, 9.17) is 9.84 Å². The Morgan fingerprint density at radius 1 is 1.00 bits per heavy atom. The average Bonchev–Trinajstić information content (AvgIpc) is 2.75. The predicted molar refractivity (Wildman–Crippen MR) is 125 cm³/mol. The molecule has 7 heteroatoms. The molecule has 0 fully saturated rings. The summed E-state index contributed by atoms with van der Waals surface area (Å²) in [6, 6.07) is 21.6. The number of carboxylic acid groups (broad SMARTS) is 1. The van der Waals surface area contributed by atoms with Gasteiger partial charge in [-0.15, -0.1) is 11.8 Å². The highest BCUT2D eigenvalue weighted by Crippen LogP contribution is 2.30. The van der Waals surface area contributed by atoms with Crippen LogP contribution in [-0.4, -0.2) is 29.6 Å². The zero-order chi connectivity index (χ0) is 23.8.